The van der Waals surface area contributed by atoms with Crippen molar-refractivity contribution in [3.63, 3.8) is 0 Å². The maximum atomic E-state index is 4.44. The number of nitrogens with zero attached hydrogens (tertiary/aromatic N) is 3. The molecule has 0 saturated heterocycles. The van der Waals surface area contributed by atoms with E-state index in [1.165, 1.54) is 11.8 Å². The smallest absolute Gasteiger partial charge is 0.195 e. The first-order chi connectivity index (χ1) is 7.56. The van der Waals surface area contributed by atoms with E-state index in [4.69, 9.17) is 0 Å². The second-order valence-electron chi connectivity index (χ2n) is 3.34. The Kier molecular flexibility index (Phi) is 3.61. The summed E-state index contributed by atoms with van der Waals surface area (Å²) in [6.07, 6.45) is 0. The molecule has 2 aromatic rings. The number of aryl methyl sites for hydroxylation is 2. The zero-order valence-corrected chi connectivity index (χ0v) is 12.3. The average molecular weight is 316 g/mol. The van der Waals surface area contributed by atoms with Gasteiger partial charge in [-0.1, -0.05) is 0 Å². The van der Waals surface area contributed by atoms with Crippen molar-refractivity contribution in [2.45, 2.75) is 30.3 Å². The average Bonchev–Trinajstić information content (AvgIpc) is 2.60. The van der Waals surface area contributed by atoms with Crippen LogP contribution in [0.1, 0.15) is 17.0 Å². The minimum absolute atomic E-state index is 0.766. The zero-order chi connectivity index (χ0) is 11.7. The van der Waals surface area contributed by atoms with Crippen molar-refractivity contribution in [3.05, 3.63) is 26.9 Å². The largest absolute Gasteiger partial charge is 0.227 e. The second-order valence-corrected chi connectivity index (χ2v) is 6.23. The van der Waals surface area contributed by atoms with Crippen molar-refractivity contribution in [3.8, 4) is 0 Å². The Labute approximate surface area is 111 Å². The fourth-order valence-electron chi connectivity index (χ4n) is 1.15. The first kappa shape index (κ1) is 12.0. The van der Waals surface area contributed by atoms with E-state index in [2.05, 4.69) is 30.9 Å². The third-order valence-corrected chi connectivity index (χ3v) is 4.76. The van der Waals surface area contributed by atoms with Gasteiger partial charge in [0.05, 0.1) is 0 Å². The van der Waals surface area contributed by atoms with Crippen LogP contribution in [0.25, 0.3) is 0 Å². The first-order valence-corrected chi connectivity index (χ1v) is 7.16. The van der Waals surface area contributed by atoms with Gasteiger partial charge in [-0.15, -0.1) is 11.3 Å². The van der Waals surface area contributed by atoms with E-state index in [-0.39, 0.29) is 0 Å². The molecule has 0 bridgehead atoms. The van der Waals surface area contributed by atoms with Gasteiger partial charge in [0.25, 0.3) is 0 Å². The molecule has 0 fully saturated rings. The Morgan fingerprint density at radius 2 is 1.75 bits per heavy atom. The normalized spacial score (nSPS) is 10.8. The summed E-state index contributed by atoms with van der Waals surface area (Å²) in [6, 6.07) is 0. The fraction of sp³-hybridized carbons (Fsp3) is 0.300. The van der Waals surface area contributed by atoms with Crippen molar-refractivity contribution in [2.75, 3.05) is 0 Å². The highest BCUT2D eigenvalue weighted by Crippen LogP contribution is 2.30. The van der Waals surface area contributed by atoms with Gasteiger partial charge in [0.1, 0.15) is 4.60 Å². The molecule has 0 unspecified atom stereocenters. The van der Waals surface area contributed by atoms with Crippen LogP contribution >= 0.6 is 39.0 Å². The minimum atomic E-state index is 0.766. The van der Waals surface area contributed by atoms with E-state index in [1.54, 1.807) is 11.3 Å². The van der Waals surface area contributed by atoms with Crippen LogP contribution in [0, 0.1) is 20.8 Å². The predicted molar refractivity (Wildman–Crippen MR) is 70.2 cm³/mol. The van der Waals surface area contributed by atoms with Gasteiger partial charge in [0, 0.05) is 16.8 Å². The molecule has 0 atom stereocenters. The summed E-state index contributed by atoms with van der Waals surface area (Å²) in [6.45, 7) is 6.05. The van der Waals surface area contributed by atoms with Crippen LogP contribution in [0.15, 0.2) is 19.5 Å². The molecule has 84 valence electrons. The van der Waals surface area contributed by atoms with Crippen molar-refractivity contribution in [2.24, 2.45) is 0 Å². The molecule has 0 radical (unpaired) electrons. The van der Waals surface area contributed by atoms with Crippen LogP contribution in [0.5, 0.6) is 0 Å². The van der Waals surface area contributed by atoms with E-state index in [9.17, 15) is 0 Å². The lowest BCUT2D eigenvalue weighted by molar-refractivity contribution is 0.880. The molecule has 0 aliphatic heterocycles. The van der Waals surface area contributed by atoms with Crippen LogP contribution in [0.3, 0.4) is 0 Å². The maximum Gasteiger partial charge on any atom is 0.195 e. The third kappa shape index (κ3) is 2.61. The predicted octanol–water partition coefficient (Wildman–Crippen LogP) is 3.77. The lowest BCUT2D eigenvalue weighted by Crippen LogP contribution is -1.97. The van der Waals surface area contributed by atoms with Crippen LogP contribution < -0.4 is 0 Å². The highest BCUT2D eigenvalue weighted by Gasteiger charge is 2.08. The Balaban J connectivity index is 2.28. The van der Waals surface area contributed by atoms with Gasteiger partial charge in [-0.3, -0.25) is 0 Å². The zero-order valence-electron chi connectivity index (χ0n) is 9.11. The number of hydrogen-bond acceptors (Lipinski definition) is 5. The SMILES string of the molecule is Cc1nc(Sc2nc(Br)cs2)nc(C)c1C. The standard InChI is InChI=1S/C10H10BrN3S2/c1-5-6(2)12-9(13-7(5)3)16-10-14-8(11)4-15-10/h4H,1-3H3. The molecular formula is C10H10BrN3S2. The third-order valence-electron chi connectivity index (χ3n) is 2.25. The summed E-state index contributed by atoms with van der Waals surface area (Å²) in [4.78, 5) is 13.2. The van der Waals surface area contributed by atoms with E-state index in [0.29, 0.717) is 0 Å². The summed E-state index contributed by atoms with van der Waals surface area (Å²) in [7, 11) is 0. The van der Waals surface area contributed by atoms with Crippen LogP contribution in [0.4, 0.5) is 0 Å². The van der Waals surface area contributed by atoms with E-state index in [1.807, 2.05) is 26.2 Å². The van der Waals surface area contributed by atoms with Gasteiger partial charge in [0.2, 0.25) is 0 Å². The molecule has 0 spiro atoms. The molecule has 6 heteroatoms. The Morgan fingerprint density at radius 1 is 1.12 bits per heavy atom. The van der Waals surface area contributed by atoms with Crippen LogP contribution in [-0.4, -0.2) is 15.0 Å². The monoisotopic (exact) mass is 315 g/mol. The number of thiazole rings is 1. The van der Waals surface area contributed by atoms with Gasteiger partial charge in [-0.2, -0.15) is 0 Å². The quantitative estimate of drug-likeness (QED) is 0.791. The minimum Gasteiger partial charge on any atom is -0.227 e. The van der Waals surface area contributed by atoms with Gasteiger partial charge >= 0.3 is 0 Å². The van der Waals surface area contributed by atoms with Crippen molar-refractivity contribution in [1.29, 1.82) is 0 Å². The molecule has 0 aliphatic carbocycles. The maximum absolute atomic E-state index is 4.44. The Bertz CT molecular complexity index is 502. The topological polar surface area (TPSA) is 38.7 Å². The van der Waals surface area contributed by atoms with Gasteiger partial charge in [0.15, 0.2) is 9.50 Å². The van der Waals surface area contributed by atoms with Gasteiger partial charge < -0.3 is 0 Å². The first-order valence-electron chi connectivity index (χ1n) is 4.67. The molecule has 3 nitrogen and oxygen atoms in total. The number of halogens is 1. The Hall–Kier alpha value is -0.460. The molecule has 2 rings (SSSR count). The lowest BCUT2D eigenvalue weighted by Gasteiger charge is -2.04. The van der Waals surface area contributed by atoms with Gasteiger partial charge in [-0.05, 0) is 54.0 Å². The van der Waals surface area contributed by atoms with E-state index >= 15 is 0 Å². The summed E-state index contributed by atoms with van der Waals surface area (Å²) in [5, 5.41) is 2.72. The number of hydrogen-bond donors (Lipinski definition) is 0. The molecule has 0 aromatic carbocycles. The number of aromatic nitrogens is 3. The van der Waals surface area contributed by atoms with Crippen LogP contribution in [-0.2, 0) is 0 Å². The molecule has 0 aliphatic rings. The summed E-state index contributed by atoms with van der Waals surface area (Å²) < 4.78 is 1.81. The molecule has 16 heavy (non-hydrogen) atoms. The Morgan fingerprint density at radius 3 is 2.25 bits per heavy atom. The molecule has 0 amide bonds. The molecule has 0 saturated carbocycles. The second kappa shape index (κ2) is 4.81. The van der Waals surface area contributed by atoms with E-state index < -0.39 is 0 Å². The highest BCUT2D eigenvalue weighted by molar-refractivity contribution is 9.10. The van der Waals surface area contributed by atoms with Crippen molar-refractivity contribution >= 4 is 39.0 Å². The molecular weight excluding hydrogens is 306 g/mol. The van der Waals surface area contributed by atoms with E-state index in [0.717, 1.165) is 31.1 Å². The van der Waals surface area contributed by atoms with Gasteiger partial charge in [-0.25, -0.2) is 15.0 Å². The number of rotatable bonds is 2. The van der Waals surface area contributed by atoms with Crippen molar-refractivity contribution in [1.82, 2.24) is 15.0 Å². The summed E-state index contributed by atoms with van der Waals surface area (Å²) >= 11 is 6.42. The lowest BCUT2D eigenvalue weighted by atomic mass is 10.2. The van der Waals surface area contributed by atoms with Crippen molar-refractivity contribution < 1.29 is 0 Å². The molecule has 0 N–H and O–H groups in total. The van der Waals surface area contributed by atoms with Crippen LogP contribution in [0.2, 0.25) is 0 Å². The molecule has 2 aromatic heterocycles. The summed E-state index contributed by atoms with van der Waals surface area (Å²) in [5.74, 6) is 0. The molecule has 2 heterocycles. The highest BCUT2D eigenvalue weighted by atomic mass is 79.9. The fourth-order valence-corrected chi connectivity index (χ4v) is 3.47. The summed E-state index contributed by atoms with van der Waals surface area (Å²) in [5.41, 5.74) is 3.22.